The summed E-state index contributed by atoms with van der Waals surface area (Å²) in [5.41, 5.74) is 1.13. The highest BCUT2D eigenvalue weighted by Crippen LogP contribution is 2.30. The lowest BCUT2D eigenvalue weighted by Gasteiger charge is -2.12. The number of nitrogens with one attached hydrogen (secondary N) is 2. The van der Waals surface area contributed by atoms with Crippen LogP contribution < -0.4 is 15.4 Å². The van der Waals surface area contributed by atoms with Gasteiger partial charge in [0, 0.05) is 24.5 Å². The summed E-state index contributed by atoms with van der Waals surface area (Å²) in [5.74, 6) is 1.39. The lowest BCUT2D eigenvalue weighted by Crippen LogP contribution is -2.39. The molecule has 5 heteroatoms. The predicted molar refractivity (Wildman–Crippen MR) is 80.3 cm³/mol. The average molecular weight is 297 g/mol. The number of amides is 1. The van der Waals surface area contributed by atoms with Crippen molar-refractivity contribution in [1.29, 1.82) is 0 Å². The zero-order valence-electron chi connectivity index (χ0n) is 11.9. The maximum atomic E-state index is 11.6. The fraction of sp³-hybridized carbons (Fsp3) is 0.533. The Hall–Kier alpha value is -1.26. The van der Waals surface area contributed by atoms with E-state index in [1.807, 2.05) is 18.2 Å². The Morgan fingerprint density at radius 3 is 3.05 bits per heavy atom. The van der Waals surface area contributed by atoms with Gasteiger partial charge in [-0.15, -0.1) is 0 Å². The van der Waals surface area contributed by atoms with Crippen molar-refractivity contribution >= 4 is 17.5 Å². The summed E-state index contributed by atoms with van der Waals surface area (Å²) in [7, 11) is 0. The summed E-state index contributed by atoms with van der Waals surface area (Å²) in [6, 6.07) is 5.66. The Balaban J connectivity index is 1.68. The molecule has 0 saturated carbocycles. The molecular formula is C15H21ClN2O2. The molecule has 1 aliphatic rings. The van der Waals surface area contributed by atoms with E-state index in [0.29, 0.717) is 25.6 Å². The monoisotopic (exact) mass is 296 g/mol. The number of carbonyl (C=O) groups is 1. The van der Waals surface area contributed by atoms with Crippen LogP contribution in [-0.2, 0) is 11.2 Å². The molecule has 1 heterocycles. The van der Waals surface area contributed by atoms with Crippen molar-refractivity contribution in [2.24, 2.45) is 5.92 Å². The number of hydrogen-bond acceptors (Lipinski definition) is 3. The minimum atomic E-state index is 0.0252. The number of halogens is 1. The maximum Gasteiger partial charge on any atom is 0.233 e. The van der Waals surface area contributed by atoms with Gasteiger partial charge in [0.05, 0.1) is 6.54 Å². The molecule has 1 aromatic carbocycles. The first kappa shape index (κ1) is 15.1. The Kier molecular flexibility index (Phi) is 5.26. The van der Waals surface area contributed by atoms with Crippen LogP contribution in [0.3, 0.4) is 0 Å². The summed E-state index contributed by atoms with van der Waals surface area (Å²) in [6.07, 6.45) is 0.901. The summed E-state index contributed by atoms with van der Waals surface area (Å²) in [6.45, 7) is 5.83. The third-order valence-electron chi connectivity index (χ3n) is 3.13. The van der Waals surface area contributed by atoms with E-state index in [9.17, 15) is 4.79 Å². The van der Waals surface area contributed by atoms with Crippen molar-refractivity contribution in [2.75, 3.05) is 19.6 Å². The van der Waals surface area contributed by atoms with Gasteiger partial charge < -0.3 is 15.4 Å². The molecule has 0 bridgehead atoms. The molecular weight excluding hydrogens is 276 g/mol. The van der Waals surface area contributed by atoms with Crippen LogP contribution in [0.25, 0.3) is 0 Å². The molecule has 0 spiro atoms. The van der Waals surface area contributed by atoms with E-state index in [1.165, 1.54) is 0 Å². The van der Waals surface area contributed by atoms with Gasteiger partial charge in [-0.1, -0.05) is 25.4 Å². The standard InChI is InChI=1S/C15H21ClN2O2/c1-10(2)7-18-15(19)9-17-8-13-6-11-5-12(16)3-4-14(11)20-13/h3-5,10,13,17H,6-9H2,1-2H3,(H,18,19). The average Bonchev–Trinajstić information content (AvgIpc) is 2.78. The van der Waals surface area contributed by atoms with Crippen LogP contribution in [0.1, 0.15) is 19.4 Å². The number of hydrogen-bond donors (Lipinski definition) is 2. The van der Waals surface area contributed by atoms with E-state index in [4.69, 9.17) is 16.3 Å². The van der Waals surface area contributed by atoms with E-state index in [0.717, 1.165) is 22.8 Å². The topological polar surface area (TPSA) is 50.4 Å². The van der Waals surface area contributed by atoms with Crippen molar-refractivity contribution in [1.82, 2.24) is 10.6 Å². The summed E-state index contributed by atoms with van der Waals surface area (Å²) in [4.78, 5) is 11.6. The molecule has 0 radical (unpaired) electrons. The number of ether oxygens (including phenoxy) is 1. The van der Waals surface area contributed by atoms with Gasteiger partial charge in [-0.3, -0.25) is 4.79 Å². The molecule has 0 aliphatic carbocycles. The lowest BCUT2D eigenvalue weighted by molar-refractivity contribution is -0.120. The molecule has 0 fully saturated rings. The minimum absolute atomic E-state index is 0.0252. The highest BCUT2D eigenvalue weighted by molar-refractivity contribution is 6.30. The van der Waals surface area contributed by atoms with E-state index in [-0.39, 0.29) is 12.0 Å². The molecule has 0 saturated heterocycles. The quantitative estimate of drug-likeness (QED) is 0.844. The van der Waals surface area contributed by atoms with Gasteiger partial charge in [-0.2, -0.15) is 0 Å². The fourth-order valence-corrected chi connectivity index (χ4v) is 2.32. The van der Waals surface area contributed by atoms with Crippen LogP contribution in [0.2, 0.25) is 5.02 Å². The van der Waals surface area contributed by atoms with Crippen LogP contribution in [0.5, 0.6) is 5.75 Å². The van der Waals surface area contributed by atoms with Crippen molar-refractivity contribution in [3.05, 3.63) is 28.8 Å². The highest BCUT2D eigenvalue weighted by Gasteiger charge is 2.22. The number of benzene rings is 1. The number of fused-ring (bicyclic) bond motifs is 1. The Labute approximate surface area is 124 Å². The zero-order chi connectivity index (χ0) is 14.5. The third kappa shape index (κ3) is 4.39. The predicted octanol–water partition coefficient (Wildman–Crippen LogP) is 2.01. The molecule has 1 atom stereocenters. The largest absolute Gasteiger partial charge is 0.488 e. The van der Waals surface area contributed by atoms with Crippen LogP contribution in [0.15, 0.2) is 18.2 Å². The summed E-state index contributed by atoms with van der Waals surface area (Å²) in [5, 5.41) is 6.73. The van der Waals surface area contributed by atoms with Gasteiger partial charge in [0.2, 0.25) is 5.91 Å². The number of rotatable bonds is 6. The van der Waals surface area contributed by atoms with Crippen molar-refractivity contribution in [3.8, 4) is 5.75 Å². The first-order valence-electron chi connectivity index (χ1n) is 6.97. The molecule has 110 valence electrons. The van der Waals surface area contributed by atoms with E-state index < -0.39 is 0 Å². The zero-order valence-corrected chi connectivity index (χ0v) is 12.7. The molecule has 1 unspecified atom stereocenters. The first-order chi connectivity index (χ1) is 9.54. The van der Waals surface area contributed by atoms with Crippen LogP contribution in [0.4, 0.5) is 0 Å². The molecule has 1 amide bonds. The van der Waals surface area contributed by atoms with E-state index in [1.54, 1.807) is 0 Å². The third-order valence-corrected chi connectivity index (χ3v) is 3.36. The van der Waals surface area contributed by atoms with Crippen LogP contribution in [0, 0.1) is 5.92 Å². The van der Waals surface area contributed by atoms with Crippen LogP contribution >= 0.6 is 11.6 Å². The van der Waals surface area contributed by atoms with E-state index in [2.05, 4.69) is 24.5 Å². The minimum Gasteiger partial charge on any atom is -0.488 e. The molecule has 0 aromatic heterocycles. The van der Waals surface area contributed by atoms with E-state index >= 15 is 0 Å². The summed E-state index contributed by atoms with van der Waals surface area (Å²) < 4.78 is 5.79. The summed E-state index contributed by atoms with van der Waals surface area (Å²) >= 11 is 5.95. The van der Waals surface area contributed by atoms with Gasteiger partial charge >= 0.3 is 0 Å². The van der Waals surface area contributed by atoms with Gasteiger partial charge in [0.25, 0.3) is 0 Å². The molecule has 1 aliphatic heterocycles. The van der Waals surface area contributed by atoms with Crippen molar-refractivity contribution < 1.29 is 9.53 Å². The van der Waals surface area contributed by atoms with Gasteiger partial charge in [0.1, 0.15) is 11.9 Å². The lowest BCUT2D eigenvalue weighted by atomic mass is 10.1. The SMILES string of the molecule is CC(C)CNC(=O)CNCC1Cc2cc(Cl)ccc2O1. The van der Waals surface area contributed by atoms with Crippen molar-refractivity contribution in [3.63, 3.8) is 0 Å². The Morgan fingerprint density at radius 1 is 1.50 bits per heavy atom. The second-order valence-electron chi connectivity index (χ2n) is 5.52. The van der Waals surface area contributed by atoms with Gasteiger partial charge in [-0.25, -0.2) is 0 Å². The van der Waals surface area contributed by atoms with Crippen LogP contribution in [-0.4, -0.2) is 31.6 Å². The normalized spacial score (nSPS) is 16.9. The van der Waals surface area contributed by atoms with Gasteiger partial charge in [-0.05, 0) is 29.7 Å². The molecule has 20 heavy (non-hydrogen) atoms. The second-order valence-corrected chi connectivity index (χ2v) is 5.96. The molecule has 4 nitrogen and oxygen atoms in total. The van der Waals surface area contributed by atoms with Gasteiger partial charge in [0.15, 0.2) is 0 Å². The Morgan fingerprint density at radius 2 is 2.30 bits per heavy atom. The number of carbonyl (C=O) groups excluding carboxylic acids is 1. The Bertz CT molecular complexity index is 477. The second kappa shape index (κ2) is 6.95. The fourth-order valence-electron chi connectivity index (χ4n) is 2.13. The first-order valence-corrected chi connectivity index (χ1v) is 7.35. The molecule has 2 N–H and O–H groups in total. The van der Waals surface area contributed by atoms with Crippen molar-refractivity contribution in [2.45, 2.75) is 26.4 Å². The smallest absolute Gasteiger partial charge is 0.233 e. The highest BCUT2D eigenvalue weighted by atomic mass is 35.5. The molecule has 2 rings (SSSR count). The maximum absolute atomic E-state index is 11.6. The molecule has 1 aromatic rings.